The Kier molecular flexibility index (Phi) is 10.8. The van der Waals surface area contributed by atoms with Crippen molar-refractivity contribution in [2.75, 3.05) is 6.54 Å². The van der Waals surface area contributed by atoms with Crippen molar-refractivity contribution < 1.29 is 4.79 Å². The number of halogens is 2. The summed E-state index contributed by atoms with van der Waals surface area (Å²) in [5.41, 5.74) is 8.83. The summed E-state index contributed by atoms with van der Waals surface area (Å²) >= 11 is 0. The van der Waals surface area contributed by atoms with Crippen LogP contribution in [0.3, 0.4) is 0 Å². The van der Waals surface area contributed by atoms with Gasteiger partial charge in [-0.05, 0) is 45.1 Å². The molecule has 0 bridgehead atoms. The van der Waals surface area contributed by atoms with Crippen molar-refractivity contribution >= 4 is 30.7 Å². The van der Waals surface area contributed by atoms with Crippen LogP contribution in [-0.4, -0.2) is 27.8 Å². The van der Waals surface area contributed by atoms with Crippen LogP contribution in [0, 0.1) is 19.8 Å². The van der Waals surface area contributed by atoms with E-state index >= 15 is 0 Å². The third-order valence-corrected chi connectivity index (χ3v) is 4.01. The molecule has 0 aliphatic rings. The Morgan fingerprint density at radius 1 is 1.35 bits per heavy atom. The highest BCUT2D eigenvalue weighted by Crippen LogP contribution is 2.17. The lowest BCUT2D eigenvalue weighted by atomic mass is 9.90. The molecule has 1 unspecified atom stereocenters. The normalized spacial score (nSPS) is 13.0. The van der Waals surface area contributed by atoms with Crippen LogP contribution in [0.4, 0.5) is 0 Å². The van der Waals surface area contributed by atoms with E-state index in [0.29, 0.717) is 18.9 Å². The lowest BCUT2D eigenvalue weighted by Crippen LogP contribution is -2.52. The summed E-state index contributed by atoms with van der Waals surface area (Å²) in [4.78, 5) is 12.2. The number of rotatable bonds is 7. The monoisotopic (exact) mass is 366 g/mol. The van der Waals surface area contributed by atoms with E-state index in [1.165, 1.54) is 5.56 Å². The molecule has 0 fully saturated rings. The zero-order valence-corrected chi connectivity index (χ0v) is 16.7. The lowest BCUT2D eigenvalue weighted by Gasteiger charge is -2.31. The minimum absolute atomic E-state index is 0. The quantitative estimate of drug-likeness (QED) is 0.778. The maximum Gasteiger partial charge on any atom is 0.220 e. The third kappa shape index (κ3) is 7.10. The number of aryl methyl sites for hydroxylation is 2. The Balaban J connectivity index is 0. The van der Waals surface area contributed by atoms with Crippen LogP contribution in [0.1, 0.15) is 50.6 Å². The molecule has 0 aliphatic carbocycles. The highest BCUT2D eigenvalue weighted by Gasteiger charge is 2.25. The molecule has 0 saturated carbocycles. The topological polar surface area (TPSA) is 72.9 Å². The Labute approximate surface area is 152 Å². The predicted molar refractivity (Wildman–Crippen MR) is 101 cm³/mol. The molecular weight excluding hydrogens is 335 g/mol. The Morgan fingerprint density at radius 3 is 2.30 bits per heavy atom. The number of nitrogens with zero attached hydrogens (tertiary/aromatic N) is 2. The van der Waals surface area contributed by atoms with Crippen LogP contribution in [0.2, 0.25) is 0 Å². The lowest BCUT2D eigenvalue weighted by molar-refractivity contribution is -0.122. The molecule has 7 heteroatoms. The first-order valence-electron chi connectivity index (χ1n) is 7.68. The van der Waals surface area contributed by atoms with Gasteiger partial charge in [0.25, 0.3) is 0 Å². The second kappa shape index (κ2) is 10.2. The van der Waals surface area contributed by atoms with Gasteiger partial charge < -0.3 is 11.1 Å². The van der Waals surface area contributed by atoms with Crippen molar-refractivity contribution in [3.8, 4) is 0 Å². The van der Waals surface area contributed by atoms with E-state index in [0.717, 1.165) is 24.2 Å². The molecule has 0 radical (unpaired) electrons. The van der Waals surface area contributed by atoms with Gasteiger partial charge in [0.15, 0.2) is 0 Å². The van der Waals surface area contributed by atoms with Gasteiger partial charge in [-0.3, -0.25) is 9.48 Å². The molecule has 1 amide bonds. The van der Waals surface area contributed by atoms with E-state index in [-0.39, 0.29) is 36.3 Å². The summed E-state index contributed by atoms with van der Waals surface area (Å²) in [6.45, 7) is 10.8. The number of nitrogens with one attached hydrogen (secondary N) is 1. The minimum atomic E-state index is -0.315. The summed E-state index contributed by atoms with van der Waals surface area (Å²) < 4.78 is 1.87. The number of amides is 1. The molecule has 1 rings (SSSR count). The number of hydrogen-bond acceptors (Lipinski definition) is 3. The molecule has 0 saturated heterocycles. The smallest absolute Gasteiger partial charge is 0.220 e. The van der Waals surface area contributed by atoms with Crippen LogP contribution in [0.15, 0.2) is 0 Å². The average molecular weight is 367 g/mol. The Bertz CT molecular complexity index is 503. The van der Waals surface area contributed by atoms with Crippen LogP contribution in [-0.2, 0) is 18.3 Å². The molecule has 23 heavy (non-hydrogen) atoms. The number of aromatic nitrogens is 2. The summed E-state index contributed by atoms with van der Waals surface area (Å²) in [6, 6.07) is 0. The van der Waals surface area contributed by atoms with Gasteiger partial charge in [-0.1, -0.05) is 13.8 Å². The van der Waals surface area contributed by atoms with Gasteiger partial charge in [0, 0.05) is 31.2 Å². The van der Waals surface area contributed by atoms with E-state index in [1.807, 2.05) is 32.5 Å². The van der Waals surface area contributed by atoms with Crippen LogP contribution >= 0.6 is 24.8 Å². The second-order valence-corrected chi connectivity index (χ2v) is 6.68. The van der Waals surface area contributed by atoms with E-state index in [4.69, 9.17) is 5.73 Å². The number of carbonyl (C=O) groups excluding carboxylic acids is 1. The van der Waals surface area contributed by atoms with Crippen LogP contribution < -0.4 is 11.1 Å². The molecule has 1 aromatic rings. The summed E-state index contributed by atoms with van der Waals surface area (Å²) in [6.07, 6.45) is 2.08. The molecule has 0 aliphatic heterocycles. The molecule has 0 aromatic carbocycles. The molecule has 1 heterocycles. The summed E-state index contributed by atoms with van der Waals surface area (Å²) in [7, 11) is 1.93. The van der Waals surface area contributed by atoms with Crippen molar-refractivity contribution in [3.05, 3.63) is 17.0 Å². The SMILES string of the molecule is Cc1nn(C)c(C)c1CCC(=O)NC(C)(CN)CC(C)C.Cl.Cl. The predicted octanol–water partition coefficient (Wildman–Crippen LogP) is 2.69. The molecule has 5 nitrogen and oxygen atoms in total. The average Bonchev–Trinajstić information content (AvgIpc) is 2.60. The van der Waals surface area contributed by atoms with Crippen molar-refractivity contribution in [1.29, 1.82) is 0 Å². The molecule has 136 valence electrons. The van der Waals surface area contributed by atoms with Crippen molar-refractivity contribution in [1.82, 2.24) is 15.1 Å². The third-order valence-electron chi connectivity index (χ3n) is 4.01. The highest BCUT2D eigenvalue weighted by molar-refractivity contribution is 5.85. The summed E-state index contributed by atoms with van der Waals surface area (Å²) in [5.74, 6) is 0.563. The number of carbonyl (C=O) groups is 1. The zero-order valence-electron chi connectivity index (χ0n) is 15.1. The molecule has 1 atom stereocenters. The van der Waals surface area contributed by atoms with Gasteiger partial charge in [0.1, 0.15) is 0 Å². The van der Waals surface area contributed by atoms with Crippen LogP contribution in [0.25, 0.3) is 0 Å². The maximum atomic E-state index is 12.2. The largest absolute Gasteiger partial charge is 0.350 e. The Morgan fingerprint density at radius 2 is 1.91 bits per heavy atom. The van der Waals surface area contributed by atoms with Gasteiger partial charge >= 0.3 is 0 Å². The van der Waals surface area contributed by atoms with Crippen LogP contribution in [0.5, 0.6) is 0 Å². The van der Waals surface area contributed by atoms with E-state index < -0.39 is 0 Å². The molecule has 1 aromatic heterocycles. The minimum Gasteiger partial charge on any atom is -0.350 e. The first kappa shape index (κ1) is 24.5. The van der Waals surface area contributed by atoms with Crippen molar-refractivity contribution in [2.24, 2.45) is 18.7 Å². The van der Waals surface area contributed by atoms with Gasteiger partial charge in [-0.15, -0.1) is 24.8 Å². The van der Waals surface area contributed by atoms with Crippen molar-refractivity contribution in [3.63, 3.8) is 0 Å². The number of hydrogen-bond donors (Lipinski definition) is 2. The zero-order chi connectivity index (χ0) is 16.2. The Hall–Kier alpha value is -0.780. The van der Waals surface area contributed by atoms with Crippen molar-refractivity contribution in [2.45, 2.75) is 59.4 Å². The van der Waals surface area contributed by atoms with E-state index in [2.05, 4.69) is 24.3 Å². The van der Waals surface area contributed by atoms with Gasteiger partial charge in [-0.2, -0.15) is 5.10 Å². The van der Waals surface area contributed by atoms with Gasteiger partial charge in [0.2, 0.25) is 5.91 Å². The first-order valence-corrected chi connectivity index (χ1v) is 7.68. The highest BCUT2D eigenvalue weighted by atomic mass is 35.5. The molecule has 0 spiro atoms. The number of nitrogens with two attached hydrogens (primary N) is 1. The fraction of sp³-hybridized carbons (Fsp3) is 0.750. The fourth-order valence-electron chi connectivity index (χ4n) is 2.90. The molecule has 3 N–H and O–H groups in total. The second-order valence-electron chi connectivity index (χ2n) is 6.68. The summed E-state index contributed by atoms with van der Waals surface area (Å²) in [5, 5.41) is 7.48. The standard InChI is InChI=1S/C16H30N4O.2ClH/c1-11(2)9-16(5,10-17)18-15(21)8-7-14-12(3)19-20(6)13(14)4;;/h11H,7-10,17H2,1-6H3,(H,18,21);2*1H. The van der Waals surface area contributed by atoms with E-state index in [1.54, 1.807) is 0 Å². The fourth-order valence-corrected chi connectivity index (χ4v) is 2.90. The maximum absolute atomic E-state index is 12.2. The first-order chi connectivity index (χ1) is 9.68. The van der Waals surface area contributed by atoms with Gasteiger partial charge in [-0.25, -0.2) is 0 Å². The molecular formula is C16H32Cl2N4O. The van der Waals surface area contributed by atoms with E-state index in [9.17, 15) is 4.79 Å². The van der Waals surface area contributed by atoms with Gasteiger partial charge in [0.05, 0.1) is 5.69 Å².